The van der Waals surface area contributed by atoms with Crippen molar-refractivity contribution in [3.63, 3.8) is 0 Å². The van der Waals surface area contributed by atoms with E-state index < -0.39 is 49.7 Å². The topological polar surface area (TPSA) is 200 Å². The standard InChI is InChI=1S/C26H28ClFN7O8P/c27-18-3-1-2-15(22(18)28)13-31-23(36)19-6-8-32-9-10-33(26(39)35(19)32)21-14-34(24(29)37)20-12-16(4-5-17(20)21)43-25(38)30-7-11-44(40,41)42/h1-5,12,14,19H,6-11,13H2,(H2,29,37)(H,30,38)(H,31,36)(H2,40,41,42). The van der Waals surface area contributed by atoms with Crippen LogP contribution >= 0.6 is 19.2 Å². The molecule has 1 unspecified atom stereocenters. The fourth-order valence-electron chi connectivity index (χ4n) is 5.15. The monoisotopic (exact) mass is 651 g/mol. The minimum absolute atomic E-state index is 0.00175. The summed E-state index contributed by atoms with van der Waals surface area (Å²) in [7, 11) is -4.31. The van der Waals surface area contributed by atoms with Crippen LogP contribution in [0.4, 0.5) is 24.5 Å². The molecule has 3 heterocycles. The van der Waals surface area contributed by atoms with Crippen LogP contribution in [0.15, 0.2) is 42.6 Å². The SMILES string of the molecule is NC(=O)n1cc(N2CCN3CCC(C(=O)NCc4cccc(Cl)c4F)N3C2=O)c2ccc(OC(=O)NCCP(=O)(O)O)cc21. The van der Waals surface area contributed by atoms with Gasteiger partial charge in [-0.2, -0.15) is 0 Å². The zero-order valence-electron chi connectivity index (χ0n) is 23.0. The second-order valence-electron chi connectivity index (χ2n) is 10.1. The lowest BCUT2D eigenvalue weighted by Gasteiger charge is -2.41. The smallest absolute Gasteiger partial charge is 0.410 e. The Hall–Kier alpha value is -4.21. The molecule has 44 heavy (non-hydrogen) atoms. The van der Waals surface area contributed by atoms with Gasteiger partial charge in [0.2, 0.25) is 5.91 Å². The lowest BCUT2D eigenvalue weighted by molar-refractivity contribution is -0.127. The first kappa shape index (κ1) is 31.2. The average molecular weight is 652 g/mol. The highest BCUT2D eigenvalue weighted by Gasteiger charge is 2.45. The van der Waals surface area contributed by atoms with E-state index in [1.54, 1.807) is 11.1 Å². The van der Waals surface area contributed by atoms with Crippen LogP contribution in [0.2, 0.25) is 5.02 Å². The molecule has 18 heteroatoms. The molecule has 5 rings (SSSR count). The van der Waals surface area contributed by atoms with Crippen LogP contribution in [0, 0.1) is 5.82 Å². The summed E-state index contributed by atoms with van der Waals surface area (Å²) in [4.78, 5) is 70.6. The van der Waals surface area contributed by atoms with Crippen LogP contribution in [0.3, 0.4) is 0 Å². The second kappa shape index (κ2) is 12.4. The molecule has 5 amide bonds. The number of benzene rings is 2. The first-order valence-electron chi connectivity index (χ1n) is 13.4. The summed E-state index contributed by atoms with van der Waals surface area (Å²) >= 11 is 5.83. The first-order valence-corrected chi connectivity index (χ1v) is 15.5. The first-order chi connectivity index (χ1) is 20.8. The molecule has 3 aromatic rings. The van der Waals surface area contributed by atoms with Gasteiger partial charge in [-0.05, 0) is 24.6 Å². The third kappa shape index (κ3) is 6.49. The van der Waals surface area contributed by atoms with Crippen molar-refractivity contribution in [2.45, 2.75) is 19.0 Å². The quantitative estimate of drug-likeness (QED) is 0.226. The van der Waals surface area contributed by atoms with Crippen molar-refractivity contribution < 1.29 is 42.7 Å². The predicted octanol–water partition coefficient (Wildman–Crippen LogP) is 2.17. The van der Waals surface area contributed by atoms with Crippen LogP contribution in [-0.4, -0.2) is 86.8 Å². The van der Waals surface area contributed by atoms with Crippen molar-refractivity contribution in [3.8, 4) is 5.75 Å². The number of amides is 5. The summed E-state index contributed by atoms with van der Waals surface area (Å²) in [6, 6.07) is 6.51. The highest BCUT2D eigenvalue weighted by molar-refractivity contribution is 7.51. The minimum Gasteiger partial charge on any atom is -0.410 e. The Kier molecular flexibility index (Phi) is 8.81. The molecule has 0 bridgehead atoms. The molecule has 2 saturated heterocycles. The summed E-state index contributed by atoms with van der Waals surface area (Å²) in [6.07, 6.45) is 0.176. The number of ether oxygens (including phenoxy) is 1. The van der Waals surface area contributed by atoms with Crippen molar-refractivity contribution in [3.05, 3.63) is 59.0 Å². The normalized spacial score (nSPS) is 17.1. The maximum Gasteiger partial charge on any atom is 0.412 e. The van der Waals surface area contributed by atoms with Gasteiger partial charge >= 0.3 is 25.8 Å². The van der Waals surface area contributed by atoms with Crippen molar-refractivity contribution in [1.82, 2.24) is 25.2 Å². The van der Waals surface area contributed by atoms with Crippen LogP contribution in [0.25, 0.3) is 10.9 Å². The van der Waals surface area contributed by atoms with E-state index in [9.17, 15) is 28.1 Å². The highest BCUT2D eigenvalue weighted by Crippen LogP contribution is 2.36. The molecule has 0 radical (unpaired) electrons. The Balaban J connectivity index is 1.34. The number of urea groups is 1. The van der Waals surface area contributed by atoms with Gasteiger partial charge in [0.25, 0.3) is 0 Å². The zero-order valence-corrected chi connectivity index (χ0v) is 24.6. The Bertz CT molecular complexity index is 1700. The number of hydrogen-bond donors (Lipinski definition) is 5. The molecular weight excluding hydrogens is 624 g/mol. The van der Waals surface area contributed by atoms with Crippen molar-refractivity contribution in [1.29, 1.82) is 0 Å². The van der Waals surface area contributed by atoms with E-state index in [0.717, 1.165) is 4.57 Å². The van der Waals surface area contributed by atoms with Gasteiger partial charge in [0.1, 0.15) is 17.6 Å². The number of anilines is 1. The summed E-state index contributed by atoms with van der Waals surface area (Å²) in [5.74, 6) is -1.10. The van der Waals surface area contributed by atoms with Crippen molar-refractivity contribution in [2.24, 2.45) is 5.73 Å². The molecule has 2 aromatic carbocycles. The summed E-state index contributed by atoms with van der Waals surface area (Å²) < 4.78 is 31.5. The number of primary amides is 1. The van der Waals surface area contributed by atoms with Crippen LogP contribution < -0.4 is 26.0 Å². The number of halogens is 2. The molecule has 6 N–H and O–H groups in total. The molecule has 0 saturated carbocycles. The number of fused-ring (bicyclic) bond motifs is 2. The number of aromatic nitrogens is 1. The minimum atomic E-state index is -4.31. The van der Waals surface area contributed by atoms with Crippen molar-refractivity contribution >= 4 is 59.8 Å². The van der Waals surface area contributed by atoms with Gasteiger partial charge in [0, 0.05) is 55.9 Å². The molecule has 15 nitrogen and oxygen atoms in total. The lowest BCUT2D eigenvalue weighted by Crippen LogP contribution is -2.61. The fraction of sp³-hybridized carbons (Fsp3) is 0.308. The third-order valence-corrected chi connectivity index (χ3v) is 8.32. The van der Waals surface area contributed by atoms with E-state index in [1.807, 2.05) is 0 Å². The van der Waals surface area contributed by atoms with Gasteiger partial charge < -0.3 is 30.9 Å². The number of nitrogens with two attached hydrogens (primary N) is 1. The summed E-state index contributed by atoms with van der Waals surface area (Å²) in [5, 5.41) is 8.37. The number of nitrogens with one attached hydrogen (secondary N) is 2. The maximum absolute atomic E-state index is 14.3. The van der Waals surface area contributed by atoms with E-state index in [1.165, 1.54) is 46.4 Å². The van der Waals surface area contributed by atoms with Crippen molar-refractivity contribution in [2.75, 3.05) is 37.2 Å². The molecule has 2 aliphatic rings. The van der Waals surface area contributed by atoms with Gasteiger partial charge in [-0.3, -0.25) is 18.8 Å². The Morgan fingerprint density at radius 1 is 1.14 bits per heavy atom. The van der Waals surface area contributed by atoms with E-state index in [-0.39, 0.29) is 41.5 Å². The summed E-state index contributed by atoms with van der Waals surface area (Å²) in [6.45, 7) is 0.621. The number of nitrogens with zero attached hydrogens (tertiary/aromatic N) is 4. The molecule has 2 fully saturated rings. The third-order valence-electron chi connectivity index (χ3n) is 7.22. The summed E-state index contributed by atoms with van der Waals surface area (Å²) in [5.41, 5.74) is 6.34. The van der Waals surface area contributed by atoms with Gasteiger partial charge in [-0.25, -0.2) is 28.8 Å². The van der Waals surface area contributed by atoms with E-state index >= 15 is 0 Å². The molecule has 0 spiro atoms. The molecule has 0 aliphatic carbocycles. The number of hydrazine groups is 1. The van der Waals surface area contributed by atoms with Crippen LogP contribution in [0.1, 0.15) is 12.0 Å². The van der Waals surface area contributed by atoms with Crippen LogP contribution in [0.5, 0.6) is 5.75 Å². The Labute approximate surface area is 254 Å². The van der Waals surface area contributed by atoms with E-state index in [4.69, 9.17) is 31.9 Å². The Morgan fingerprint density at radius 3 is 2.64 bits per heavy atom. The van der Waals surface area contributed by atoms with Gasteiger partial charge in [0.15, 0.2) is 0 Å². The number of rotatable bonds is 8. The largest absolute Gasteiger partial charge is 0.412 e. The number of carbonyl (C=O) groups is 4. The number of carbonyl (C=O) groups excluding carboxylic acids is 4. The van der Waals surface area contributed by atoms with Gasteiger partial charge in [0.05, 0.1) is 22.4 Å². The lowest BCUT2D eigenvalue weighted by atomic mass is 10.1. The molecular formula is C26H28ClFN7O8P. The van der Waals surface area contributed by atoms with Gasteiger partial charge in [-0.15, -0.1) is 0 Å². The predicted molar refractivity (Wildman–Crippen MR) is 156 cm³/mol. The molecule has 234 valence electrons. The average Bonchev–Trinajstić information content (AvgIpc) is 3.56. The Morgan fingerprint density at radius 2 is 1.91 bits per heavy atom. The highest BCUT2D eigenvalue weighted by atomic mass is 35.5. The van der Waals surface area contributed by atoms with E-state index in [2.05, 4.69) is 10.6 Å². The molecule has 1 atom stereocenters. The number of hydrogen-bond acceptors (Lipinski definition) is 7. The zero-order chi connectivity index (χ0) is 31.8. The van der Waals surface area contributed by atoms with E-state index in [0.29, 0.717) is 30.6 Å². The molecule has 2 aliphatic heterocycles. The fourth-order valence-corrected chi connectivity index (χ4v) is 5.75. The second-order valence-corrected chi connectivity index (χ2v) is 12.3. The molecule has 1 aromatic heterocycles. The van der Waals surface area contributed by atoms with Gasteiger partial charge in [-0.1, -0.05) is 23.7 Å². The van der Waals surface area contributed by atoms with Crippen LogP contribution in [-0.2, 0) is 15.9 Å². The maximum atomic E-state index is 14.3.